The van der Waals surface area contributed by atoms with Crippen molar-refractivity contribution in [3.05, 3.63) is 0 Å². The normalized spacial score (nSPS) is 16.3. The maximum Gasteiger partial charge on any atom is 1.00 e. The maximum atomic E-state index is 12.4. The van der Waals surface area contributed by atoms with Crippen LogP contribution in [0.15, 0.2) is 0 Å². The molecule has 0 aromatic rings. The average Bonchev–Trinajstić information content (AvgIpc) is 2.44. The molecule has 0 aliphatic carbocycles. The Labute approximate surface area is 267 Å². The molecule has 2 atom stereocenters. The van der Waals surface area contributed by atoms with Gasteiger partial charge in [-0.15, -0.1) is 0 Å². The standard InChI is InChI=1S/C8H24N2O13P4.4Na/c9-5-1-3-7(11,24(12,13)14)27(21,22)23-8(4-2-6-10,25(15,16)17)26(18,19)20;;;;/h11H,1-6,9-10H2,(H,21,22)(H2,12,13,14)(H2,15,16,17)(H2,18,19,20);;;;/q;4*+1/p-4. The Balaban J connectivity index is -0.000000563. The quantitative estimate of drug-likeness (QED) is 0.0941. The predicted octanol–water partition coefficient (Wildman–Crippen LogP) is -16.0. The van der Waals surface area contributed by atoms with Crippen LogP contribution in [-0.2, 0) is 22.8 Å². The van der Waals surface area contributed by atoms with E-state index in [-0.39, 0.29) is 125 Å². The van der Waals surface area contributed by atoms with Gasteiger partial charge in [-0.05, 0) is 47.5 Å². The third-order valence-corrected chi connectivity index (χ3v) is 12.0. The molecule has 0 heterocycles. The van der Waals surface area contributed by atoms with Crippen LogP contribution < -0.4 is 149 Å². The first kappa shape index (κ1) is 45.4. The number of rotatable bonds is 12. The van der Waals surface area contributed by atoms with E-state index in [4.69, 9.17) is 11.5 Å². The van der Waals surface area contributed by atoms with Crippen molar-refractivity contribution in [2.24, 2.45) is 11.5 Å². The van der Waals surface area contributed by atoms with Crippen molar-refractivity contribution in [1.29, 1.82) is 0 Å². The Bertz CT molecular complexity index is 692. The molecule has 2 unspecified atom stereocenters. The van der Waals surface area contributed by atoms with Crippen molar-refractivity contribution in [2.45, 2.75) is 35.8 Å². The molecule has 31 heavy (non-hydrogen) atoms. The second kappa shape index (κ2) is 17.1. The molecule has 0 amide bonds. The molecule has 0 saturated heterocycles. The van der Waals surface area contributed by atoms with Gasteiger partial charge >= 0.3 is 133 Å². The summed E-state index contributed by atoms with van der Waals surface area (Å²) in [5.41, 5.74) is 10.1. The summed E-state index contributed by atoms with van der Waals surface area (Å²) in [4.78, 5) is 74.2. The van der Waals surface area contributed by atoms with Crippen LogP contribution in [0.5, 0.6) is 0 Å². The van der Waals surface area contributed by atoms with E-state index in [1.807, 2.05) is 0 Å². The Kier molecular flexibility index (Phi) is 25.1. The largest absolute Gasteiger partial charge is 1.00 e. The van der Waals surface area contributed by atoms with E-state index in [2.05, 4.69) is 4.52 Å². The van der Waals surface area contributed by atoms with Gasteiger partial charge in [0.1, 0.15) is 5.08 Å². The first-order valence-corrected chi connectivity index (χ1v) is 13.4. The van der Waals surface area contributed by atoms with Crippen LogP contribution >= 0.6 is 30.4 Å². The fraction of sp³-hybridized carbons (Fsp3) is 1.00. The Morgan fingerprint density at radius 1 is 0.742 bits per heavy atom. The van der Waals surface area contributed by atoms with Gasteiger partial charge in [0.15, 0.2) is 0 Å². The van der Waals surface area contributed by atoms with E-state index < -0.39 is 72.8 Å². The van der Waals surface area contributed by atoms with Crippen molar-refractivity contribution in [1.82, 2.24) is 0 Å². The Hall–Kier alpha value is 4.48. The molecule has 0 aromatic carbocycles. The van der Waals surface area contributed by atoms with E-state index >= 15 is 0 Å². The summed E-state index contributed by atoms with van der Waals surface area (Å²) < 4.78 is 50.8. The molecule has 0 rings (SSSR count). The van der Waals surface area contributed by atoms with Crippen molar-refractivity contribution < 1.29 is 180 Å². The summed E-state index contributed by atoms with van der Waals surface area (Å²) in [7, 11) is -25.8. The van der Waals surface area contributed by atoms with E-state index in [1.165, 1.54) is 0 Å². The SMILES string of the molecule is NCCCC(OP(=O)(O)C(O)(CCCN)P(=O)(O)O)(P(=O)([O-])[O-])P(=O)([O-])[O-].[Na+].[Na+].[Na+].[Na+]. The minimum Gasteiger partial charge on any atom is -0.808 e. The molecule has 0 saturated carbocycles. The van der Waals surface area contributed by atoms with Gasteiger partial charge in [-0.25, -0.2) is 0 Å². The summed E-state index contributed by atoms with van der Waals surface area (Å²) in [6.45, 7) is -0.861. The predicted molar refractivity (Wildman–Crippen MR) is 82.4 cm³/mol. The van der Waals surface area contributed by atoms with E-state index in [0.29, 0.717) is 0 Å². The smallest absolute Gasteiger partial charge is 0.808 e. The number of hydrogen-bond acceptors (Lipinski definition) is 12. The number of hydrogen-bond donors (Lipinski definition) is 6. The average molecular weight is 568 g/mol. The van der Waals surface area contributed by atoms with Crippen LogP contribution in [0.25, 0.3) is 0 Å². The molecular formula is C8H20N2Na4O13P4. The van der Waals surface area contributed by atoms with Crippen LogP contribution in [0.3, 0.4) is 0 Å². The van der Waals surface area contributed by atoms with Crippen molar-refractivity contribution in [2.75, 3.05) is 13.1 Å². The number of nitrogens with two attached hydrogens (primary N) is 2. The molecule has 0 fully saturated rings. The summed E-state index contributed by atoms with van der Waals surface area (Å²) in [5, 5.41) is 1.62. The van der Waals surface area contributed by atoms with Gasteiger partial charge in [0.2, 0.25) is 0 Å². The van der Waals surface area contributed by atoms with Crippen LogP contribution in [-0.4, -0.2) is 43.0 Å². The van der Waals surface area contributed by atoms with Crippen LogP contribution in [0, 0.1) is 0 Å². The molecule has 164 valence electrons. The molecule has 0 aromatic heterocycles. The third kappa shape index (κ3) is 11.4. The van der Waals surface area contributed by atoms with Gasteiger partial charge in [-0.2, -0.15) is 0 Å². The van der Waals surface area contributed by atoms with Crippen molar-refractivity contribution >= 4 is 30.4 Å². The first-order chi connectivity index (χ1) is 11.8. The van der Waals surface area contributed by atoms with Crippen LogP contribution in [0.4, 0.5) is 0 Å². The van der Waals surface area contributed by atoms with Gasteiger partial charge in [0.05, 0.1) is 0 Å². The van der Waals surface area contributed by atoms with Crippen LogP contribution in [0.1, 0.15) is 25.7 Å². The zero-order valence-corrected chi connectivity index (χ0v) is 29.2. The van der Waals surface area contributed by atoms with Gasteiger partial charge in [-0.3, -0.25) is 13.7 Å². The van der Waals surface area contributed by atoms with Crippen molar-refractivity contribution in [3.63, 3.8) is 0 Å². The minimum atomic E-state index is -6.69. The van der Waals surface area contributed by atoms with Crippen molar-refractivity contribution in [3.8, 4) is 0 Å². The van der Waals surface area contributed by atoms with Gasteiger partial charge in [0.25, 0.3) is 5.08 Å². The summed E-state index contributed by atoms with van der Waals surface area (Å²) >= 11 is 0. The molecule has 15 nitrogen and oxygen atoms in total. The van der Waals surface area contributed by atoms with E-state index in [0.717, 1.165) is 0 Å². The molecule has 8 N–H and O–H groups in total. The first-order valence-electron chi connectivity index (χ1n) is 7.09. The zero-order valence-electron chi connectivity index (χ0n) is 17.6. The molecule has 0 aliphatic heterocycles. The zero-order chi connectivity index (χ0) is 21.9. The molecule has 0 spiro atoms. The fourth-order valence-electron chi connectivity index (χ4n) is 1.96. The third-order valence-electron chi connectivity index (χ3n) is 3.47. The summed E-state index contributed by atoms with van der Waals surface area (Å²) in [5.74, 6) is 0. The Morgan fingerprint density at radius 3 is 1.32 bits per heavy atom. The van der Waals surface area contributed by atoms with Crippen LogP contribution in [0.2, 0.25) is 0 Å². The minimum absolute atomic E-state index is 0. The second-order valence-electron chi connectivity index (χ2n) is 5.45. The summed E-state index contributed by atoms with van der Waals surface area (Å²) in [6.07, 6.45) is -3.94. The second-order valence-corrected chi connectivity index (χ2v) is 13.4. The molecule has 0 aliphatic rings. The molecular weight excluding hydrogens is 548 g/mol. The van der Waals surface area contributed by atoms with Gasteiger partial charge in [-0.1, -0.05) is 0 Å². The molecule has 23 heteroatoms. The monoisotopic (exact) mass is 568 g/mol. The van der Waals surface area contributed by atoms with Gasteiger partial charge < -0.3 is 60.0 Å². The Morgan fingerprint density at radius 2 is 1.06 bits per heavy atom. The fourth-order valence-corrected chi connectivity index (χ4v) is 8.46. The summed E-state index contributed by atoms with van der Waals surface area (Å²) in [6, 6.07) is 0. The number of aliphatic hydroxyl groups is 1. The van der Waals surface area contributed by atoms with Gasteiger partial charge in [0, 0.05) is 6.42 Å². The topological polar surface area (TPSA) is 303 Å². The van der Waals surface area contributed by atoms with E-state index in [9.17, 15) is 57.6 Å². The molecule has 0 radical (unpaired) electrons. The molecule has 0 bridgehead atoms. The van der Waals surface area contributed by atoms with E-state index in [1.54, 1.807) is 0 Å². The maximum absolute atomic E-state index is 12.4.